The molecule has 23 heavy (non-hydrogen) atoms. The maximum atomic E-state index is 12.0. The lowest BCUT2D eigenvalue weighted by atomic mass is 10.0. The number of rotatable bonds is 7. The number of ether oxygens (including phenoxy) is 1. The Morgan fingerprint density at radius 1 is 1.13 bits per heavy atom. The summed E-state index contributed by atoms with van der Waals surface area (Å²) in [6.07, 6.45) is 6.16. The van der Waals surface area contributed by atoms with Crippen LogP contribution in [0.2, 0.25) is 0 Å². The SMILES string of the molecule is CC(=O)Nc1ccc(C(=O)COC(=O)CCC2CCCC2)cc1. The zero-order valence-electron chi connectivity index (χ0n) is 13.5. The zero-order valence-corrected chi connectivity index (χ0v) is 13.5. The molecule has 124 valence electrons. The highest BCUT2D eigenvalue weighted by molar-refractivity contribution is 5.98. The van der Waals surface area contributed by atoms with Crippen molar-refractivity contribution in [3.8, 4) is 0 Å². The van der Waals surface area contributed by atoms with E-state index in [1.54, 1.807) is 24.3 Å². The largest absolute Gasteiger partial charge is 0.457 e. The Kier molecular flexibility index (Phi) is 6.32. The summed E-state index contributed by atoms with van der Waals surface area (Å²) in [5, 5.41) is 2.63. The van der Waals surface area contributed by atoms with Gasteiger partial charge in [-0.2, -0.15) is 0 Å². The van der Waals surface area contributed by atoms with Crippen LogP contribution in [-0.2, 0) is 14.3 Å². The van der Waals surface area contributed by atoms with Gasteiger partial charge in [0, 0.05) is 24.6 Å². The molecule has 0 aliphatic heterocycles. The lowest BCUT2D eigenvalue weighted by Crippen LogP contribution is -2.15. The Balaban J connectivity index is 1.72. The molecule has 1 aromatic carbocycles. The summed E-state index contributed by atoms with van der Waals surface area (Å²) < 4.78 is 5.05. The molecule has 1 amide bonds. The summed E-state index contributed by atoms with van der Waals surface area (Å²) in [5.41, 5.74) is 1.09. The Bertz CT molecular complexity index is 559. The van der Waals surface area contributed by atoms with E-state index < -0.39 is 0 Å². The summed E-state index contributed by atoms with van der Waals surface area (Å²) in [5.74, 6) is -0.0754. The molecular weight excluding hydrogens is 294 g/mol. The average molecular weight is 317 g/mol. The van der Waals surface area contributed by atoms with E-state index in [1.807, 2.05) is 0 Å². The van der Waals surface area contributed by atoms with E-state index in [0.29, 0.717) is 23.6 Å². The second-order valence-corrected chi connectivity index (χ2v) is 6.03. The molecule has 1 aromatic rings. The van der Waals surface area contributed by atoms with E-state index in [2.05, 4.69) is 5.32 Å². The summed E-state index contributed by atoms with van der Waals surface area (Å²) >= 11 is 0. The van der Waals surface area contributed by atoms with Crippen LogP contribution >= 0.6 is 0 Å². The van der Waals surface area contributed by atoms with Gasteiger partial charge in [0.2, 0.25) is 5.91 Å². The molecule has 0 saturated heterocycles. The minimum absolute atomic E-state index is 0.166. The van der Waals surface area contributed by atoms with Crippen LogP contribution in [0.4, 0.5) is 5.69 Å². The van der Waals surface area contributed by atoms with Crippen LogP contribution in [0.1, 0.15) is 55.8 Å². The summed E-state index contributed by atoms with van der Waals surface area (Å²) in [7, 11) is 0. The highest BCUT2D eigenvalue weighted by Crippen LogP contribution is 2.28. The van der Waals surface area contributed by atoms with E-state index >= 15 is 0 Å². The number of hydrogen-bond donors (Lipinski definition) is 1. The first-order valence-electron chi connectivity index (χ1n) is 8.11. The summed E-state index contributed by atoms with van der Waals surface area (Å²) in [6, 6.07) is 6.52. The van der Waals surface area contributed by atoms with Gasteiger partial charge >= 0.3 is 5.97 Å². The molecule has 1 aliphatic rings. The van der Waals surface area contributed by atoms with Gasteiger partial charge in [-0.15, -0.1) is 0 Å². The zero-order chi connectivity index (χ0) is 16.7. The molecular formula is C18H23NO4. The van der Waals surface area contributed by atoms with Crippen LogP contribution in [0, 0.1) is 5.92 Å². The van der Waals surface area contributed by atoms with Gasteiger partial charge < -0.3 is 10.1 Å². The van der Waals surface area contributed by atoms with Crippen LogP contribution in [0.25, 0.3) is 0 Å². The highest BCUT2D eigenvalue weighted by Gasteiger charge is 2.17. The molecule has 1 saturated carbocycles. The number of hydrogen-bond acceptors (Lipinski definition) is 4. The Morgan fingerprint density at radius 3 is 2.39 bits per heavy atom. The predicted molar refractivity (Wildman–Crippen MR) is 87.2 cm³/mol. The molecule has 1 N–H and O–H groups in total. The number of esters is 1. The molecule has 5 nitrogen and oxygen atoms in total. The topological polar surface area (TPSA) is 72.5 Å². The number of carbonyl (C=O) groups excluding carboxylic acids is 3. The van der Waals surface area contributed by atoms with Crippen molar-refractivity contribution in [1.29, 1.82) is 0 Å². The third kappa shape index (κ3) is 5.85. The maximum Gasteiger partial charge on any atom is 0.306 e. The molecule has 0 bridgehead atoms. The Hall–Kier alpha value is -2.17. The first-order valence-corrected chi connectivity index (χ1v) is 8.11. The Labute approximate surface area is 136 Å². The lowest BCUT2D eigenvalue weighted by molar-refractivity contribution is -0.142. The molecule has 0 aromatic heterocycles. The number of Topliss-reactive ketones (excluding diaryl/α,β-unsaturated/α-hetero) is 1. The molecule has 1 fully saturated rings. The van der Waals surface area contributed by atoms with Crippen LogP contribution < -0.4 is 5.32 Å². The summed E-state index contributed by atoms with van der Waals surface area (Å²) in [6.45, 7) is 1.19. The first kappa shape index (κ1) is 17.2. The van der Waals surface area contributed by atoms with Crippen molar-refractivity contribution >= 4 is 23.3 Å². The van der Waals surface area contributed by atoms with E-state index in [-0.39, 0.29) is 24.3 Å². The maximum absolute atomic E-state index is 12.0. The van der Waals surface area contributed by atoms with E-state index in [9.17, 15) is 14.4 Å². The Morgan fingerprint density at radius 2 is 1.78 bits per heavy atom. The quantitative estimate of drug-likeness (QED) is 0.618. The van der Waals surface area contributed by atoms with E-state index in [1.165, 1.54) is 32.6 Å². The fourth-order valence-electron chi connectivity index (χ4n) is 2.87. The van der Waals surface area contributed by atoms with Gasteiger partial charge in [0.25, 0.3) is 0 Å². The van der Waals surface area contributed by atoms with Gasteiger partial charge in [-0.05, 0) is 36.6 Å². The fraction of sp³-hybridized carbons (Fsp3) is 0.500. The standard InChI is InChI=1S/C18H23NO4/c1-13(20)19-16-9-7-15(8-10-16)17(21)12-23-18(22)11-6-14-4-2-3-5-14/h7-10,14H,2-6,11-12H2,1H3,(H,19,20). The van der Waals surface area contributed by atoms with Crippen molar-refractivity contribution in [1.82, 2.24) is 0 Å². The van der Waals surface area contributed by atoms with Crippen molar-refractivity contribution in [3.05, 3.63) is 29.8 Å². The minimum Gasteiger partial charge on any atom is -0.457 e. The van der Waals surface area contributed by atoms with Gasteiger partial charge in [-0.1, -0.05) is 25.7 Å². The second kappa shape index (κ2) is 8.46. The van der Waals surface area contributed by atoms with E-state index in [4.69, 9.17) is 4.74 Å². The molecule has 0 unspecified atom stereocenters. The highest BCUT2D eigenvalue weighted by atomic mass is 16.5. The van der Waals surface area contributed by atoms with Crippen molar-refractivity contribution in [3.63, 3.8) is 0 Å². The second-order valence-electron chi connectivity index (χ2n) is 6.03. The fourth-order valence-corrected chi connectivity index (χ4v) is 2.87. The van der Waals surface area contributed by atoms with Crippen LogP contribution in [-0.4, -0.2) is 24.3 Å². The minimum atomic E-state index is -0.305. The van der Waals surface area contributed by atoms with Crippen molar-refractivity contribution in [2.24, 2.45) is 5.92 Å². The number of amides is 1. The smallest absolute Gasteiger partial charge is 0.306 e. The summed E-state index contributed by atoms with van der Waals surface area (Å²) in [4.78, 5) is 34.6. The third-order valence-electron chi connectivity index (χ3n) is 4.12. The number of benzene rings is 1. The number of anilines is 1. The van der Waals surface area contributed by atoms with Gasteiger partial charge in [0.15, 0.2) is 12.4 Å². The number of nitrogens with one attached hydrogen (secondary N) is 1. The van der Waals surface area contributed by atoms with Gasteiger partial charge in [0.05, 0.1) is 0 Å². The average Bonchev–Trinajstić information content (AvgIpc) is 3.04. The number of ketones is 1. The molecule has 0 spiro atoms. The lowest BCUT2D eigenvalue weighted by Gasteiger charge is -2.08. The third-order valence-corrected chi connectivity index (χ3v) is 4.12. The first-order chi connectivity index (χ1) is 11.0. The van der Waals surface area contributed by atoms with E-state index in [0.717, 1.165) is 6.42 Å². The van der Waals surface area contributed by atoms with Crippen LogP contribution in [0.5, 0.6) is 0 Å². The van der Waals surface area contributed by atoms with Gasteiger partial charge in [-0.3, -0.25) is 14.4 Å². The van der Waals surface area contributed by atoms with Crippen molar-refractivity contribution in [2.45, 2.75) is 45.4 Å². The molecule has 2 rings (SSSR count). The van der Waals surface area contributed by atoms with Crippen LogP contribution in [0.15, 0.2) is 24.3 Å². The normalized spacial score (nSPS) is 14.5. The monoisotopic (exact) mass is 317 g/mol. The molecule has 0 radical (unpaired) electrons. The van der Waals surface area contributed by atoms with Crippen molar-refractivity contribution < 1.29 is 19.1 Å². The van der Waals surface area contributed by atoms with Crippen LogP contribution in [0.3, 0.4) is 0 Å². The number of carbonyl (C=O) groups is 3. The molecule has 1 aliphatic carbocycles. The molecule has 5 heteroatoms. The molecule has 0 heterocycles. The van der Waals surface area contributed by atoms with Crippen molar-refractivity contribution in [2.75, 3.05) is 11.9 Å². The predicted octanol–water partition coefficient (Wildman–Crippen LogP) is 3.34. The molecule has 0 atom stereocenters. The van der Waals surface area contributed by atoms with Gasteiger partial charge in [0.1, 0.15) is 0 Å². The van der Waals surface area contributed by atoms with Gasteiger partial charge in [-0.25, -0.2) is 0 Å².